The van der Waals surface area contributed by atoms with Gasteiger partial charge < -0.3 is 14.4 Å². The molecule has 2 atom stereocenters. The van der Waals surface area contributed by atoms with Gasteiger partial charge in [0.25, 0.3) is 0 Å². The molecular formula is C22H26ClNO2. The van der Waals surface area contributed by atoms with Crippen LogP contribution in [0.1, 0.15) is 30.4 Å². The van der Waals surface area contributed by atoms with Crippen molar-refractivity contribution in [2.24, 2.45) is 0 Å². The topological polar surface area (TPSA) is 21.7 Å². The molecule has 4 rings (SSSR count). The highest BCUT2D eigenvalue weighted by molar-refractivity contribution is 6.30. The van der Waals surface area contributed by atoms with Gasteiger partial charge in [-0.2, -0.15) is 0 Å². The predicted octanol–water partition coefficient (Wildman–Crippen LogP) is 4.64. The van der Waals surface area contributed by atoms with Crippen LogP contribution >= 0.6 is 11.6 Å². The summed E-state index contributed by atoms with van der Waals surface area (Å²) >= 11 is 6.04. The zero-order valence-electron chi connectivity index (χ0n) is 15.1. The molecule has 2 saturated heterocycles. The normalized spacial score (nSPS) is 26.9. The van der Waals surface area contributed by atoms with Gasteiger partial charge in [0.15, 0.2) is 5.79 Å². The minimum Gasteiger partial charge on any atom is -0.343 e. The molecule has 2 aromatic rings. The maximum Gasteiger partial charge on any atom is 0.199 e. The van der Waals surface area contributed by atoms with Gasteiger partial charge in [-0.05, 0) is 43.6 Å². The largest absolute Gasteiger partial charge is 0.343 e. The standard InChI is InChI=1S/C22H26ClNO2/c23-20-11-9-18(10-12-20)15-22(19-7-3-1-4-8-19)25-17-21(26-22)16-24-13-5-2-6-14-24/h1,3-4,7-12,21H,2,5-6,13-17H2. The maximum absolute atomic E-state index is 6.58. The van der Waals surface area contributed by atoms with Gasteiger partial charge in [0.2, 0.25) is 0 Å². The van der Waals surface area contributed by atoms with Gasteiger partial charge in [0.1, 0.15) is 0 Å². The van der Waals surface area contributed by atoms with Crippen LogP contribution in [0.25, 0.3) is 0 Å². The molecule has 0 amide bonds. The summed E-state index contributed by atoms with van der Waals surface area (Å²) in [6.07, 6.45) is 4.73. The van der Waals surface area contributed by atoms with Crippen molar-refractivity contribution < 1.29 is 9.47 Å². The molecule has 2 aromatic carbocycles. The highest BCUT2D eigenvalue weighted by atomic mass is 35.5. The summed E-state index contributed by atoms with van der Waals surface area (Å²) in [5, 5.41) is 0.749. The molecule has 0 radical (unpaired) electrons. The zero-order chi connectivity index (χ0) is 17.8. The third-order valence-corrected chi connectivity index (χ3v) is 5.59. The summed E-state index contributed by atoms with van der Waals surface area (Å²) in [4.78, 5) is 2.51. The third-order valence-electron chi connectivity index (χ3n) is 5.33. The van der Waals surface area contributed by atoms with Gasteiger partial charge in [0.05, 0.1) is 12.7 Å². The average molecular weight is 372 g/mol. The molecule has 0 saturated carbocycles. The summed E-state index contributed by atoms with van der Waals surface area (Å²) in [5.41, 5.74) is 2.24. The Labute approximate surface area is 160 Å². The van der Waals surface area contributed by atoms with Crippen molar-refractivity contribution in [3.63, 3.8) is 0 Å². The second-order valence-electron chi connectivity index (χ2n) is 7.33. The minimum atomic E-state index is -0.713. The summed E-state index contributed by atoms with van der Waals surface area (Å²) in [5.74, 6) is -0.713. The van der Waals surface area contributed by atoms with Gasteiger partial charge in [-0.25, -0.2) is 0 Å². The molecular weight excluding hydrogens is 346 g/mol. The number of hydrogen-bond acceptors (Lipinski definition) is 3. The Morgan fingerprint density at radius 2 is 1.69 bits per heavy atom. The lowest BCUT2D eigenvalue weighted by Crippen LogP contribution is -2.38. The van der Waals surface area contributed by atoms with E-state index in [2.05, 4.69) is 29.2 Å². The van der Waals surface area contributed by atoms with E-state index in [0.717, 1.165) is 22.7 Å². The van der Waals surface area contributed by atoms with E-state index in [4.69, 9.17) is 21.1 Å². The lowest BCUT2D eigenvalue weighted by Gasteiger charge is -2.31. The Kier molecular flexibility index (Phi) is 5.60. The number of likely N-dealkylation sites (tertiary alicyclic amines) is 1. The molecule has 0 aromatic heterocycles. The first-order valence-corrected chi connectivity index (χ1v) is 9.95. The molecule has 0 spiro atoms. The van der Waals surface area contributed by atoms with Crippen LogP contribution in [0.4, 0.5) is 0 Å². The molecule has 138 valence electrons. The summed E-state index contributed by atoms with van der Waals surface area (Å²) < 4.78 is 12.9. The van der Waals surface area contributed by atoms with Gasteiger partial charge in [0, 0.05) is 23.6 Å². The fourth-order valence-electron chi connectivity index (χ4n) is 3.99. The average Bonchev–Trinajstić information content (AvgIpc) is 3.09. The Morgan fingerprint density at radius 3 is 2.42 bits per heavy atom. The number of benzene rings is 2. The van der Waals surface area contributed by atoms with Crippen LogP contribution in [-0.2, 0) is 21.7 Å². The van der Waals surface area contributed by atoms with E-state index in [9.17, 15) is 0 Å². The van der Waals surface area contributed by atoms with Crippen molar-refractivity contribution in [2.45, 2.75) is 37.6 Å². The number of halogens is 1. The molecule has 2 aliphatic heterocycles. The van der Waals surface area contributed by atoms with Crippen LogP contribution in [0.3, 0.4) is 0 Å². The van der Waals surface area contributed by atoms with Gasteiger partial charge in [-0.15, -0.1) is 0 Å². The van der Waals surface area contributed by atoms with Crippen molar-refractivity contribution in [3.05, 3.63) is 70.7 Å². The first-order chi connectivity index (χ1) is 12.7. The van der Waals surface area contributed by atoms with Crippen molar-refractivity contribution in [1.82, 2.24) is 4.90 Å². The van der Waals surface area contributed by atoms with Crippen LogP contribution in [0.2, 0.25) is 5.02 Å². The van der Waals surface area contributed by atoms with Crippen LogP contribution in [-0.4, -0.2) is 37.2 Å². The van der Waals surface area contributed by atoms with Crippen LogP contribution in [0.15, 0.2) is 54.6 Å². The van der Waals surface area contributed by atoms with Gasteiger partial charge in [-0.1, -0.05) is 60.5 Å². The molecule has 4 heteroatoms. The Hall–Kier alpha value is -1.39. The van der Waals surface area contributed by atoms with Crippen molar-refractivity contribution >= 4 is 11.6 Å². The van der Waals surface area contributed by atoms with E-state index < -0.39 is 5.79 Å². The van der Waals surface area contributed by atoms with E-state index in [1.165, 1.54) is 32.4 Å². The molecule has 2 unspecified atom stereocenters. The maximum atomic E-state index is 6.58. The van der Waals surface area contributed by atoms with Crippen LogP contribution in [0.5, 0.6) is 0 Å². The minimum absolute atomic E-state index is 0.112. The monoisotopic (exact) mass is 371 g/mol. The summed E-state index contributed by atoms with van der Waals surface area (Å²) in [6, 6.07) is 18.3. The van der Waals surface area contributed by atoms with Crippen molar-refractivity contribution in [2.75, 3.05) is 26.2 Å². The molecule has 0 aliphatic carbocycles. The first kappa shape index (κ1) is 18.0. The van der Waals surface area contributed by atoms with E-state index in [0.29, 0.717) is 13.0 Å². The van der Waals surface area contributed by atoms with Crippen LogP contribution in [0, 0.1) is 0 Å². The molecule has 0 bridgehead atoms. The lowest BCUT2D eigenvalue weighted by atomic mass is 9.97. The van der Waals surface area contributed by atoms with Crippen molar-refractivity contribution in [1.29, 1.82) is 0 Å². The first-order valence-electron chi connectivity index (χ1n) is 9.58. The fourth-order valence-corrected chi connectivity index (χ4v) is 4.12. The van der Waals surface area contributed by atoms with Gasteiger partial charge in [-0.3, -0.25) is 0 Å². The second kappa shape index (κ2) is 8.10. The smallest absolute Gasteiger partial charge is 0.199 e. The summed E-state index contributed by atoms with van der Waals surface area (Å²) in [7, 11) is 0. The third kappa shape index (κ3) is 4.12. The predicted molar refractivity (Wildman–Crippen MR) is 104 cm³/mol. The van der Waals surface area contributed by atoms with E-state index in [1.807, 2.05) is 30.3 Å². The molecule has 2 aliphatic rings. The van der Waals surface area contributed by atoms with E-state index in [-0.39, 0.29) is 6.10 Å². The van der Waals surface area contributed by atoms with Gasteiger partial charge >= 0.3 is 0 Å². The molecule has 26 heavy (non-hydrogen) atoms. The highest BCUT2D eigenvalue weighted by Crippen LogP contribution is 2.38. The SMILES string of the molecule is Clc1ccc(CC2(c3ccccc3)OCC(CN3CCCCC3)O2)cc1. The molecule has 0 N–H and O–H groups in total. The van der Waals surface area contributed by atoms with E-state index >= 15 is 0 Å². The van der Waals surface area contributed by atoms with E-state index in [1.54, 1.807) is 0 Å². The number of nitrogens with zero attached hydrogens (tertiary/aromatic N) is 1. The number of rotatable bonds is 5. The molecule has 3 nitrogen and oxygen atoms in total. The van der Waals surface area contributed by atoms with Crippen LogP contribution < -0.4 is 0 Å². The number of piperidine rings is 1. The molecule has 2 heterocycles. The Morgan fingerprint density at radius 1 is 0.962 bits per heavy atom. The zero-order valence-corrected chi connectivity index (χ0v) is 15.8. The molecule has 2 fully saturated rings. The lowest BCUT2D eigenvalue weighted by molar-refractivity contribution is -0.177. The Bertz CT molecular complexity index is 700. The highest BCUT2D eigenvalue weighted by Gasteiger charge is 2.43. The number of hydrogen-bond donors (Lipinski definition) is 0. The Balaban J connectivity index is 1.53. The van der Waals surface area contributed by atoms with Crippen molar-refractivity contribution in [3.8, 4) is 0 Å². The quantitative estimate of drug-likeness (QED) is 0.764. The summed E-state index contributed by atoms with van der Waals surface area (Å²) in [6.45, 7) is 3.94. The fraction of sp³-hybridized carbons (Fsp3) is 0.455. The second-order valence-corrected chi connectivity index (χ2v) is 7.77. The number of ether oxygens (including phenoxy) is 2.